The molecule has 0 aliphatic heterocycles. The Balaban J connectivity index is 2.30. The Kier molecular flexibility index (Phi) is 6.53. The van der Waals surface area contributed by atoms with E-state index in [1.54, 1.807) is 12.3 Å². The van der Waals surface area contributed by atoms with Crippen LogP contribution in [-0.4, -0.2) is 35.5 Å². The van der Waals surface area contributed by atoms with Gasteiger partial charge in [0.1, 0.15) is 5.82 Å². The van der Waals surface area contributed by atoms with Gasteiger partial charge in [-0.15, -0.1) is 0 Å². The van der Waals surface area contributed by atoms with Crippen LogP contribution in [0.1, 0.15) is 26.7 Å². The number of anilines is 2. The Morgan fingerprint density at radius 3 is 2.83 bits per heavy atom. The normalized spacial score (nSPS) is 9.89. The molecule has 1 aromatic heterocycles. The van der Waals surface area contributed by atoms with E-state index < -0.39 is 0 Å². The van der Waals surface area contributed by atoms with Crippen LogP contribution in [0.2, 0.25) is 0 Å². The summed E-state index contributed by atoms with van der Waals surface area (Å²) in [5, 5.41) is 8.96. The Morgan fingerprint density at radius 1 is 1.28 bits per heavy atom. The molecule has 6 heteroatoms. The summed E-state index contributed by atoms with van der Waals surface area (Å²) in [4.78, 5) is 19.7. The number of amides is 1. The Hall–Kier alpha value is -1.85. The van der Waals surface area contributed by atoms with Crippen molar-refractivity contribution in [2.24, 2.45) is 0 Å². The topological polar surface area (TPSA) is 78.9 Å². The van der Waals surface area contributed by atoms with Gasteiger partial charge in [0.2, 0.25) is 11.9 Å². The number of rotatable bonds is 8. The summed E-state index contributed by atoms with van der Waals surface area (Å²) in [5.74, 6) is 1.38. The maximum atomic E-state index is 11.4. The molecule has 0 spiro atoms. The highest BCUT2D eigenvalue weighted by Gasteiger charge is 2.01. The molecule has 3 N–H and O–H groups in total. The van der Waals surface area contributed by atoms with Gasteiger partial charge in [0.05, 0.1) is 0 Å². The van der Waals surface area contributed by atoms with Gasteiger partial charge >= 0.3 is 0 Å². The van der Waals surface area contributed by atoms with Gasteiger partial charge in [-0.1, -0.05) is 6.92 Å². The smallest absolute Gasteiger partial charge is 0.224 e. The largest absolute Gasteiger partial charge is 0.369 e. The number of carbonyl (C=O) groups excluding carboxylic acids is 1. The first-order chi connectivity index (χ1) is 8.76. The first-order valence-corrected chi connectivity index (χ1v) is 6.33. The van der Waals surface area contributed by atoms with Crippen LogP contribution < -0.4 is 16.0 Å². The lowest BCUT2D eigenvalue weighted by Gasteiger charge is -2.07. The van der Waals surface area contributed by atoms with Gasteiger partial charge in [-0.3, -0.25) is 4.79 Å². The predicted octanol–water partition coefficient (Wildman–Crippen LogP) is 1.24. The summed E-state index contributed by atoms with van der Waals surface area (Å²) in [7, 11) is 0. The fourth-order valence-corrected chi connectivity index (χ4v) is 1.36. The number of hydrogen-bond donors (Lipinski definition) is 3. The van der Waals surface area contributed by atoms with Crippen LogP contribution in [-0.2, 0) is 4.79 Å². The predicted molar refractivity (Wildman–Crippen MR) is 72.6 cm³/mol. The summed E-state index contributed by atoms with van der Waals surface area (Å²) >= 11 is 0. The van der Waals surface area contributed by atoms with Gasteiger partial charge in [0.15, 0.2) is 0 Å². The van der Waals surface area contributed by atoms with Crippen molar-refractivity contribution in [2.45, 2.75) is 26.7 Å². The highest BCUT2D eigenvalue weighted by molar-refractivity contribution is 5.76. The van der Waals surface area contributed by atoms with E-state index in [1.165, 1.54) is 0 Å². The second kappa shape index (κ2) is 8.27. The van der Waals surface area contributed by atoms with Crippen LogP contribution in [0.4, 0.5) is 11.8 Å². The number of aromatic nitrogens is 2. The van der Waals surface area contributed by atoms with E-state index in [9.17, 15) is 4.79 Å². The molecule has 0 unspecified atom stereocenters. The van der Waals surface area contributed by atoms with Crippen molar-refractivity contribution in [3.8, 4) is 0 Å². The van der Waals surface area contributed by atoms with E-state index in [1.807, 2.05) is 13.8 Å². The van der Waals surface area contributed by atoms with Crippen molar-refractivity contribution >= 4 is 17.7 Å². The quantitative estimate of drug-likeness (QED) is 0.648. The summed E-state index contributed by atoms with van der Waals surface area (Å²) < 4.78 is 0. The van der Waals surface area contributed by atoms with Crippen LogP contribution >= 0.6 is 0 Å². The second-order valence-corrected chi connectivity index (χ2v) is 3.82. The van der Waals surface area contributed by atoms with E-state index in [4.69, 9.17) is 0 Å². The van der Waals surface area contributed by atoms with Crippen molar-refractivity contribution in [2.75, 3.05) is 30.3 Å². The summed E-state index contributed by atoms with van der Waals surface area (Å²) in [6.45, 7) is 6.10. The van der Waals surface area contributed by atoms with E-state index in [0.717, 1.165) is 25.3 Å². The van der Waals surface area contributed by atoms with Gasteiger partial charge in [0, 0.05) is 32.3 Å². The molecule has 6 nitrogen and oxygen atoms in total. The third-order valence-corrected chi connectivity index (χ3v) is 2.22. The Morgan fingerprint density at radius 2 is 2.11 bits per heavy atom. The SMILES string of the molecule is CCCNC(=O)CCNc1ccnc(NCC)n1. The van der Waals surface area contributed by atoms with Gasteiger partial charge < -0.3 is 16.0 Å². The number of carbonyl (C=O) groups is 1. The Labute approximate surface area is 108 Å². The fraction of sp³-hybridized carbons (Fsp3) is 0.583. The molecule has 0 aliphatic rings. The molecule has 0 radical (unpaired) electrons. The molecule has 0 aromatic carbocycles. The molecular weight excluding hydrogens is 230 g/mol. The van der Waals surface area contributed by atoms with E-state index in [2.05, 4.69) is 25.9 Å². The third kappa shape index (κ3) is 5.47. The lowest BCUT2D eigenvalue weighted by atomic mass is 10.3. The summed E-state index contributed by atoms with van der Waals surface area (Å²) in [6.07, 6.45) is 3.09. The molecule has 0 bridgehead atoms. The zero-order chi connectivity index (χ0) is 13.2. The van der Waals surface area contributed by atoms with Crippen LogP contribution in [0.25, 0.3) is 0 Å². The molecule has 1 aromatic rings. The zero-order valence-corrected chi connectivity index (χ0v) is 11.0. The van der Waals surface area contributed by atoms with Crippen molar-refractivity contribution in [3.05, 3.63) is 12.3 Å². The van der Waals surface area contributed by atoms with Crippen molar-refractivity contribution < 1.29 is 4.79 Å². The van der Waals surface area contributed by atoms with Gasteiger partial charge in [-0.25, -0.2) is 4.98 Å². The fourth-order valence-electron chi connectivity index (χ4n) is 1.36. The van der Waals surface area contributed by atoms with Crippen LogP contribution in [0.3, 0.4) is 0 Å². The Bertz CT molecular complexity index is 369. The van der Waals surface area contributed by atoms with Crippen LogP contribution in [0.15, 0.2) is 12.3 Å². The van der Waals surface area contributed by atoms with E-state index in [0.29, 0.717) is 18.9 Å². The highest BCUT2D eigenvalue weighted by atomic mass is 16.1. The average molecular weight is 251 g/mol. The standard InChI is InChI=1S/C12H21N5O/c1-3-7-15-11(18)6-9-14-10-5-8-16-12(17-10)13-4-2/h5,8H,3-4,6-7,9H2,1-2H3,(H,15,18)(H2,13,14,16,17). The molecule has 0 atom stereocenters. The lowest BCUT2D eigenvalue weighted by molar-refractivity contribution is -0.120. The van der Waals surface area contributed by atoms with Crippen molar-refractivity contribution in [1.29, 1.82) is 0 Å². The van der Waals surface area contributed by atoms with E-state index in [-0.39, 0.29) is 5.91 Å². The molecule has 0 saturated heterocycles. The van der Waals surface area contributed by atoms with Crippen molar-refractivity contribution in [1.82, 2.24) is 15.3 Å². The molecular formula is C12H21N5O. The van der Waals surface area contributed by atoms with Gasteiger partial charge in [-0.2, -0.15) is 4.98 Å². The molecule has 1 rings (SSSR count). The minimum atomic E-state index is 0.0605. The molecule has 1 heterocycles. The number of hydrogen-bond acceptors (Lipinski definition) is 5. The maximum Gasteiger partial charge on any atom is 0.224 e. The maximum absolute atomic E-state index is 11.4. The number of nitrogens with one attached hydrogen (secondary N) is 3. The highest BCUT2D eigenvalue weighted by Crippen LogP contribution is 2.04. The van der Waals surface area contributed by atoms with E-state index >= 15 is 0 Å². The lowest BCUT2D eigenvalue weighted by Crippen LogP contribution is -2.26. The second-order valence-electron chi connectivity index (χ2n) is 3.82. The van der Waals surface area contributed by atoms with Crippen LogP contribution in [0, 0.1) is 0 Å². The van der Waals surface area contributed by atoms with Gasteiger partial charge in [0.25, 0.3) is 0 Å². The minimum Gasteiger partial charge on any atom is -0.369 e. The van der Waals surface area contributed by atoms with Crippen molar-refractivity contribution in [3.63, 3.8) is 0 Å². The molecule has 0 saturated carbocycles. The first-order valence-electron chi connectivity index (χ1n) is 6.33. The molecule has 100 valence electrons. The summed E-state index contributed by atoms with van der Waals surface area (Å²) in [5.41, 5.74) is 0. The van der Waals surface area contributed by atoms with Gasteiger partial charge in [-0.05, 0) is 19.4 Å². The number of nitrogens with zero attached hydrogens (tertiary/aromatic N) is 2. The molecule has 0 aliphatic carbocycles. The van der Waals surface area contributed by atoms with Crippen LogP contribution in [0.5, 0.6) is 0 Å². The minimum absolute atomic E-state index is 0.0605. The first kappa shape index (κ1) is 14.2. The molecule has 18 heavy (non-hydrogen) atoms. The molecule has 1 amide bonds. The average Bonchev–Trinajstić information content (AvgIpc) is 2.37. The monoisotopic (exact) mass is 251 g/mol. The zero-order valence-electron chi connectivity index (χ0n) is 11.0. The molecule has 0 fully saturated rings. The summed E-state index contributed by atoms with van der Waals surface area (Å²) in [6, 6.07) is 1.78. The third-order valence-electron chi connectivity index (χ3n) is 2.22.